The van der Waals surface area contributed by atoms with Gasteiger partial charge >= 0.3 is 0 Å². The molecule has 1 aromatic rings. The molecule has 2 rings (SSSR count). The SMILES string of the molecule is CNc1cc(NCCCN(C)C)nc(C2CC2)n1. The van der Waals surface area contributed by atoms with Crippen LogP contribution in [-0.4, -0.2) is 49.1 Å². The van der Waals surface area contributed by atoms with Crippen LogP contribution < -0.4 is 10.6 Å². The fourth-order valence-electron chi connectivity index (χ4n) is 1.82. The quantitative estimate of drug-likeness (QED) is 0.721. The van der Waals surface area contributed by atoms with Gasteiger partial charge in [-0.2, -0.15) is 0 Å². The van der Waals surface area contributed by atoms with Crippen molar-refractivity contribution in [1.82, 2.24) is 14.9 Å². The predicted molar refractivity (Wildman–Crippen MR) is 75.2 cm³/mol. The van der Waals surface area contributed by atoms with Crippen molar-refractivity contribution in [3.63, 3.8) is 0 Å². The Morgan fingerprint density at radius 3 is 2.61 bits per heavy atom. The van der Waals surface area contributed by atoms with Gasteiger partial charge in [-0.05, 0) is 39.9 Å². The summed E-state index contributed by atoms with van der Waals surface area (Å²) in [6, 6.07) is 1.97. The molecule has 0 unspecified atom stereocenters. The molecule has 1 aliphatic carbocycles. The molecule has 100 valence electrons. The smallest absolute Gasteiger partial charge is 0.136 e. The molecule has 0 saturated heterocycles. The van der Waals surface area contributed by atoms with Gasteiger partial charge in [-0.1, -0.05) is 0 Å². The lowest BCUT2D eigenvalue weighted by Gasteiger charge is -2.11. The predicted octanol–water partition coefficient (Wildman–Crippen LogP) is 1.76. The number of nitrogens with zero attached hydrogens (tertiary/aromatic N) is 3. The highest BCUT2D eigenvalue weighted by Gasteiger charge is 2.27. The van der Waals surface area contributed by atoms with Crippen LogP contribution in [0.3, 0.4) is 0 Å². The Kier molecular flexibility index (Phi) is 4.36. The Morgan fingerprint density at radius 2 is 2.00 bits per heavy atom. The van der Waals surface area contributed by atoms with Gasteiger partial charge in [0.15, 0.2) is 0 Å². The van der Waals surface area contributed by atoms with E-state index in [1.54, 1.807) is 0 Å². The molecule has 0 spiro atoms. The van der Waals surface area contributed by atoms with Crippen molar-refractivity contribution in [2.75, 3.05) is 44.9 Å². The second-order valence-corrected chi connectivity index (χ2v) is 5.10. The molecular weight excluding hydrogens is 226 g/mol. The first-order chi connectivity index (χ1) is 8.69. The topological polar surface area (TPSA) is 53.1 Å². The lowest BCUT2D eigenvalue weighted by molar-refractivity contribution is 0.405. The molecule has 0 atom stereocenters. The van der Waals surface area contributed by atoms with Crippen molar-refractivity contribution in [3.8, 4) is 0 Å². The lowest BCUT2D eigenvalue weighted by atomic mass is 10.3. The summed E-state index contributed by atoms with van der Waals surface area (Å²) in [5.41, 5.74) is 0. The van der Waals surface area contributed by atoms with E-state index in [1.807, 2.05) is 13.1 Å². The van der Waals surface area contributed by atoms with E-state index in [2.05, 4.69) is 39.6 Å². The lowest BCUT2D eigenvalue weighted by Crippen LogP contribution is -2.17. The van der Waals surface area contributed by atoms with Crippen molar-refractivity contribution in [2.24, 2.45) is 0 Å². The first-order valence-corrected chi connectivity index (χ1v) is 6.64. The van der Waals surface area contributed by atoms with Crippen LogP contribution in [0.4, 0.5) is 11.6 Å². The van der Waals surface area contributed by atoms with E-state index in [0.29, 0.717) is 5.92 Å². The van der Waals surface area contributed by atoms with Crippen LogP contribution in [0, 0.1) is 0 Å². The third-order valence-corrected chi connectivity index (χ3v) is 3.03. The Labute approximate surface area is 109 Å². The van der Waals surface area contributed by atoms with Crippen molar-refractivity contribution in [1.29, 1.82) is 0 Å². The largest absolute Gasteiger partial charge is 0.373 e. The standard InChI is InChI=1S/C13H23N5/c1-14-11-9-12(15-7-4-8-18(2)3)17-13(16-11)10-5-6-10/h9-10H,4-8H2,1-3H3,(H2,14,15,16,17). The van der Waals surface area contributed by atoms with E-state index in [0.717, 1.165) is 37.0 Å². The molecule has 5 heteroatoms. The maximum atomic E-state index is 4.58. The van der Waals surface area contributed by atoms with E-state index in [-0.39, 0.29) is 0 Å². The zero-order valence-electron chi connectivity index (χ0n) is 11.5. The molecule has 2 N–H and O–H groups in total. The Balaban J connectivity index is 1.92. The fraction of sp³-hybridized carbons (Fsp3) is 0.692. The number of nitrogens with one attached hydrogen (secondary N) is 2. The molecule has 1 saturated carbocycles. The van der Waals surface area contributed by atoms with Gasteiger partial charge in [-0.3, -0.25) is 0 Å². The molecule has 0 amide bonds. The minimum absolute atomic E-state index is 0.584. The number of hydrogen-bond donors (Lipinski definition) is 2. The molecule has 0 bridgehead atoms. The first-order valence-electron chi connectivity index (χ1n) is 6.64. The van der Waals surface area contributed by atoms with E-state index in [4.69, 9.17) is 0 Å². The molecule has 0 aliphatic heterocycles. The van der Waals surface area contributed by atoms with Crippen molar-refractivity contribution >= 4 is 11.6 Å². The summed E-state index contributed by atoms with van der Waals surface area (Å²) in [5, 5.41) is 6.48. The second kappa shape index (κ2) is 6.00. The Bertz CT molecular complexity index is 387. The molecule has 1 aromatic heterocycles. The van der Waals surface area contributed by atoms with E-state index in [1.165, 1.54) is 12.8 Å². The van der Waals surface area contributed by atoms with Gasteiger partial charge in [0.1, 0.15) is 17.5 Å². The number of anilines is 2. The maximum absolute atomic E-state index is 4.58. The first kappa shape index (κ1) is 13.1. The summed E-state index contributed by atoms with van der Waals surface area (Å²) in [6.45, 7) is 2.04. The summed E-state index contributed by atoms with van der Waals surface area (Å²) in [4.78, 5) is 11.3. The van der Waals surface area contributed by atoms with Crippen LogP contribution in [0.5, 0.6) is 0 Å². The van der Waals surface area contributed by atoms with Gasteiger partial charge < -0.3 is 15.5 Å². The van der Waals surface area contributed by atoms with Crippen LogP contribution in [-0.2, 0) is 0 Å². The van der Waals surface area contributed by atoms with Crippen molar-refractivity contribution in [3.05, 3.63) is 11.9 Å². The van der Waals surface area contributed by atoms with Gasteiger partial charge in [-0.15, -0.1) is 0 Å². The van der Waals surface area contributed by atoms with Crippen LogP contribution in [0.2, 0.25) is 0 Å². The van der Waals surface area contributed by atoms with Crippen LogP contribution in [0.1, 0.15) is 31.0 Å². The zero-order chi connectivity index (χ0) is 13.0. The van der Waals surface area contributed by atoms with Crippen LogP contribution >= 0.6 is 0 Å². The average Bonchev–Trinajstić information content (AvgIpc) is 3.18. The summed E-state index contributed by atoms with van der Waals surface area (Å²) in [7, 11) is 6.08. The minimum atomic E-state index is 0.584. The van der Waals surface area contributed by atoms with Gasteiger partial charge in [0, 0.05) is 25.6 Å². The van der Waals surface area contributed by atoms with Crippen molar-refractivity contribution < 1.29 is 0 Å². The number of rotatable bonds is 7. The Morgan fingerprint density at radius 1 is 1.28 bits per heavy atom. The molecule has 0 aromatic carbocycles. The molecule has 5 nitrogen and oxygen atoms in total. The monoisotopic (exact) mass is 249 g/mol. The van der Waals surface area contributed by atoms with Gasteiger partial charge in [0.25, 0.3) is 0 Å². The maximum Gasteiger partial charge on any atom is 0.136 e. The average molecular weight is 249 g/mol. The molecule has 1 aliphatic rings. The van der Waals surface area contributed by atoms with Crippen LogP contribution in [0.15, 0.2) is 6.07 Å². The molecular formula is C13H23N5. The number of aromatic nitrogens is 2. The van der Waals surface area contributed by atoms with Gasteiger partial charge in [0.05, 0.1) is 0 Å². The normalized spacial score (nSPS) is 14.9. The molecule has 18 heavy (non-hydrogen) atoms. The fourth-order valence-corrected chi connectivity index (χ4v) is 1.82. The highest BCUT2D eigenvalue weighted by molar-refractivity contribution is 5.47. The molecule has 1 heterocycles. The van der Waals surface area contributed by atoms with E-state index < -0.39 is 0 Å². The highest BCUT2D eigenvalue weighted by atomic mass is 15.1. The molecule has 1 fully saturated rings. The summed E-state index contributed by atoms with van der Waals surface area (Å²) in [6.07, 6.45) is 3.57. The minimum Gasteiger partial charge on any atom is -0.373 e. The Hall–Kier alpha value is -1.36. The molecule has 0 radical (unpaired) electrons. The third kappa shape index (κ3) is 3.84. The second-order valence-electron chi connectivity index (χ2n) is 5.10. The van der Waals surface area contributed by atoms with Crippen LogP contribution in [0.25, 0.3) is 0 Å². The van der Waals surface area contributed by atoms with Gasteiger partial charge in [-0.25, -0.2) is 9.97 Å². The van der Waals surface area contributed by atoms with Gasteiger partial charge in [0.2, 0.25) is 0 Å². The van der Waals surface area contributed by atoms with E-state index in [9.17, 15) is 0 Å². The van der Waals surface area contributed by atoms with E-state index >= 15 is 0 Å². The number of hydrogen-bond acceptors (Lipinski definition) is 5. The zero-order valence-corrected chi connectivity index (χ0v) is 11.5. The summed E-state index contributed by atoms with van der Waals surface area (Å²) in [5.74, 6) is 3.41. The highest BCUT2D eigenvalue weighted by Crippen LogP contribution is 2.38. The third-order valence-electron chi connectivity index (χ3n) is 3.03. The summed E-state index contributed by atoms with van der Waals surface area (Å²) < 4.78 is 0. The van der Waals surface area contributed by atoms with Crippen molar-refractivity contribution in [2.45, 2.75) is 25.2 Å². The summed E-state index contributed by atoms with van der Waals surface area (Å²) >= 11 is 0.